The Bertz CT molecular complexity index is 461. The van der Waals surface area contributed by atoms with Gasteiger partial charge in [0.2, 0.25) is 5.91 Å². The van der Waals surface area contributed by atoms with Crippen LogP contribution in [0.15, 0.2) is 12.1 Å². The zero-order valence-corrected chi connectivity index (χ0v) is 11.7. The van der Waals surface area contributed by atoms with Gasteiger partial charge in [0, 0.05) is 24.8 Å². The summed E-state index contributed by atoms with van der Waals surface area (Å²) in [5.41, 5.74) is 7.18. The van der Waals surface area contributed by atoms with Gasteiger partial charge < -0.3 is 16.0 Å². The second kappa shape index (κ2) is 6.30. The predicted molar refractivity (Wildman–Crippen MR) is 76.8 cm³/mol. The first kappa shape index (κ1) is 14.4. The highest BCUT2D eigenvalue weighted by atomic mass is 32.1. The summed E-state index contributed by atoms with van der Waals surface area (Å²) >= 11 is 4.95. The van der Waals surface area contributed by atoms with E-state index in [0.29, 0.717) is 17.4 Å². The number of nitrogens with two attached hydrogens (primary N) is 1. The van der Waals surface area contributed by atoms with Crippen molar-refractivity contribution in [3.8, 4) is 0 Å². The first-order valence-corrected chi connectivity index (χ1v) is 6.11. The van der Waals surface area contributed by atoms with Crippen LogP contribution in [0.3, 0.4) is 0 Å². The van der Waals surface area contributed by atoms with Crippen molar-refractivity contribution in [2.45, 2.75) is 13.8 Å². The zero-order valence-electron chi connectivity index (χ0n) is 10.9. The van der Waals surface area contributed by atoms with Crippen molar-refractivity contribution in [2.75, 3.05) is 25.0 Å². The Kier molecular flexibility index (Phi) is 5.03. The number of rotatable bonds is 5. The molecular formula is C12H18N4OS. The minimum Gasteiger partial charge on any atom is -0.389 e. The molecule has 6 heteroatoms. The Balaban J connectivity index is 2.88. The molecular weight excluding hydrogens is 248 g/mol. The van der Waals surface area contributed by atoms with Gasteiger partial charge in [-0.2, -0.15) is 0 Å². The number of carbonyl (C=O) groups is 1. The number of nitrogens with zero attached hydrogens (tertiary/aromatic N) is 2. The number of nitrogens with one attached hydrogen (secondary N) is 1. The number of aryl methyl sites for hydroxylation is 1. The molecule has 1 amide bonds. The summed E-state index contributed by atoms with van der Waals surface area (Å²) in [6.07, 6.45) is 0. The van der Waals surface area contributed by atoms with Gasteiger partial charge in [-0.3, -0.25) is 4.79 Å². The first-order valence-electron chi connectivity index (χ1n) is 5.70. The number of anilines is 1. The Morgan fingerprint density at radius 1 is 1.56 bits per heavy atom. The lowest BCUT2D eigenvalue weighted by Crippen LogP contribution is -2.35. The highest BCUT2D eigenvalue weighted by Gasteiger charge is 2.10. The Morgan fingerprint density at radius 3 is 2.78 bits per heavy atom. The van der Waals surface area contributed by atoms with Crippen LogP contribution in [0, 0.1) is 6.92 Å². The monoisotopic (exact) mass is 266 g/mol. The number of carbonyl (C=O) groups excluding carboxylic acids is 1. The fourth-order valence-corrected chi connectivity index (χ4v) is 1.66. The topological polar surface area (TPSA) is 71.2 Å². The molecule has 5 nitrogen and oxygen atoms in total. The summed E-state index contributed by atoms with van der Waals surface area (Å²) in [5, 5.41) is 2.74. The number of thiocarbonyl (C=S) groups is 1. The summed E-state index contributed by atoms with van der Waals surface area (Å²) < 4.78 is 0. The molecule has 1 aromatic rings. The molecule has 0 radical (unpaired) electrons. The molecule has 98 valence electrons. The molecule has 0 saturated carbocycles. The van der Waals surface area contributed by atoms with Crippen molar-refractivity contribution in [3.63, 3.8) is 0 Å². The van der Waals surface area contributed by atoms with Gasteiger partial charge in [-0.1, -0.05) is 12.2 Å². The number of hydrogen-bond donors (Lipinski definition) is 2. The fraction of sp³-hybridized carbons (Fsp3) is 0.417. The quantitative estimate of drug-likeness (QED) is 0.764. The van der Waals surface area contributed by atoms with Crippen LogP contribution in [0.4, 0.5) is 5.82 Å². The highest BCUT2D eigenvalue weighted by molar-refractivity contribution is 7.80. The number of hydrogen-bond acceptors (Lipinski definition) is 4. The molecule has 0 aliphatic rings. The molecule has 1 rings (SSSR count). The number of amides is 1. The van der Waals surface area contributed by atoms with E-state index in [1.54, 1.807) is 18.0 Å². The highest BCUT2D eigenvalue weighted by Crippen LogP contribution is 2.13. The van der Waals surface area contributed by atoms with E-state index >= 15 is 0 Å². The molecule has 1 aromatic heterocycles. The van der Waals surface area contributed by atoms with Crippen LogP contribution in [0.1, 0.15) is 18.2 Å². The second-order valence-electron chi connectivity index (χ2n) is 4.03. The molecule has 1 heterocycles. The molecule has 0 aromatic carbocycles. The third kappa shape index (κ3) is 3.96. The van der Waals surface area contributed by atoms with E-state index < -0.39 is 0 Å². The van der Waals surface area contributed by atoms with E-state index in [1.165, 1.54) is 0 Å². The van der Waals surface area contributed by atoms with Crippen molar-refractivity contribution >= 4 is 28.9 Å². The molecule has 3 N–H and O–H groups in total. The van der Waals surface area contributed by atoms with Crippen molar-refractivity contribution in [1.82, 2.24) is 10.3 Å². The van der Waals surface area contributed by atoms with Crippen LogP contribution in [-0.2, 0) is 4.79 Å². The molecule has 0 aliphatic heterocycles. The van der Waals surface area contributed by atoms with Crippen LogP contribution in [0.25, 0.3) is 0 Å². The van der Waals surface area contributed by atoms with Gasteiger partial charge >= 0.3 is 0 Å². The Hall–Kier alpha value is -1.69. The SMILES string of the molecule is CCNC(=O)CN(C)c1cc(C(N)=S)cc(C)n1. The summed E-state index contributed by atoms with van der Waals surface area (Å²) in [6.45, 7) is 4.62. The van der Waals surface area contributed by atoms with Gasteiger partial charge in [0.25, 0.3) is 0 Å². The molecule has 0 saturated heterocycles. The van der Waals surface area contributed by atoms with Crippen molar-refractivity contribution in [2.24, 2.45) is 5.73 Å². The Labute approximate surface area is 112 Å². The van der Waals surface area contributed by atoms with Gasteiger partial charge in [-0.25, -0.2) is 4.98 Å². The van der Waals surface area contributed by atoms with Crippen LogP contribution in [-0.4, -0.2) is 36.0 Å². The molecule has 18 heavy (non-hydrogen) atoms. The first-order chi connectivity index (χ1) is 8.43. The summed E-state index contributed by atoms with van der Waals surface area (Å²) in [6, 6.07) is 3.61. The predicted octanol–water partition coefficient (Wildman–Crippen LogP) is 0.597. The van der Waals surface area contributed by atoms with Crippen LogP contribution in [0.2, 0.25) is 0 Å². The number of likely N-dealkylation sites (N-methyl/N-ethyl adjacent to an activating group) is 2. The zero-order chi connectivity index (χ0) is 13.7. The smallest absolute Gasteiger partial charge is 0.239 e. The maximum atomic E-state index is 11.5. The lowest BCUT2D eigenvalue weighted by atomic mass is 10.2. The average Bonchev–Trinajstić information content (AvgIpc) is 2.28. The molecule has 0 atom stereocenters. The van der Waals surface area contributed by atoms with E-state index in [1.807, 2.05) is 19.9 Å². The van der Waals surface area contributed by atoms with E-state index in [9.17, 15) is 4.79 Å². The lowest BCUT2D eigenvalue weighted by molar-refractivity contribution is -0.119. The van der Waals surface area contributed by atoms with Gasteiger partial charge in [-0.15, -0.1) is 0 Å². The minimum absolute atomic E-state index is 0.0415. The van der Waals surface area contributed by atoms with Gasteiger partial charge in [0.1, 0.15) is 10.8 Å². The van der Waals surface area contributed by atoms with E-state index in [2.05, 4.69) is 10.3 Å². The molecule has 0 fully saturated rings. The number of aromatic nitrogens is 1. The minimum atomic E-state index is -0.0415. The maximum absolute atomic E-state index is 11.5. The standard InChI is InChI=1S/C12H18N4OS/c1-4-14-11(17)7-16(3)10-6-9(12(13)18)5-8(2)15-10/h5-6H,4,7H2,1-3H3,(H2,13,18)(H,14,17). The van der Waals surface area contributed by atoms with E-state index in [0.717, 1.165) is 11.3 Å². The average molecular weight is 266 g/mol. The van der Waals surface area contributed by atoms with Crippen LogP contribution >= 0.6 is 12.2 Å². The third-order valence-electron chi connectivity index (χ3n) is 2.37. The Morgan fingerprint density at radius 2 is 2.22 bits per heavy atom. The van der Waals surface area contributed by atoms with Gasteiger partial charge in [0.15, 0.2) is 0 Å². The van der Waals surface area contributed by atoms with Crippen molar-refractivity contribution in [3.05, 3.63) is 23.4 Å². The van der Waals surface area contributed by atoms with E-state index in [-0.39, 0.29) is 12.5 Å². The second-order valence-corrected chi connectivity index (χ2v) is 4.47. The van der Waals surface area contributed by atoms with E-state index in [4.69, 9.17) is 18.0 Å². The molecule has 0 unspecified atom stereocenters. The summed E-state index contributed by atoms with van der Waals surface area (Å²) in [5.74, 6) is 0.643. The fourth-order valence-electron chi connectivity index (χ4n) is 1.54. The van der Waals surface area contributed by atoms with Crippen LogP contribution < -0.4 is 16.0 Å². The van der Waals surface area contributed by atoms with Gasteiger partial charge in [-0.05, 0) is 26.0 Å². The maximum Gasteiger partial charge on any atom is 0.239 e. The normalized spacial score (nSPS) is 9.94. The van der Waals surface area contributed by atoms with Crippen molar-refractivity contribution in [1.29, 1.82) is 0 Å². The van der Waals surface area contributed by atoms with Gasteiger partial charge in [0.05, 0.1) is 6.54 Å². The third-order valence-corrected chi connectivity index (χ3v) is 2.61. The largest absolute Gasteiger partial charge is 0.389 e. The van der Waals surface area contributed by atoms with Crippen LogP contribution in [0.5, 0.6) is 0 Å². The van der Waals surface area contributed by atoms with Crippen molar-refractivity contribution < 1.29 is 4.79 Å². The summed E-state index contributed by atoms with van der Waals surface area (Å²) in [7, 11) is 1.81. The summed E-state index contributed by atoms with van der Waals surface area (Å²) in [4.78, 5) is 18.0. The lowest BCUT2D eigenvalue weighted by Gasteiger charge is -2.18. The molecule has 0 aliphatic carbocycles. The number of pyridine rings is 1. The molecule has 0 spiro atoms. The molecule has 0 bridgehead atoms.